The average molecular weight is 437 g/mol. The van der Waals surface area contributed by atoms with Gasteiger partial charge in [-0.25, -0.2) is 4.39 Å². The number of aliphatic hydroxyl groups is 1. The van der Waals surface area contributed by atoms with Gasteiger partial charge in [-0.15, -0.1) is 0 Å². The quantitative estimate of drug-likeness (QED) is 0.515. The normalized spacial score (nSPS) is 12.5. The predicted molar refractivity (Wildman–Crippen MR) is 121 cm³/mol. The molecule has 0 fully saturated rings. The van der Waals surface area contributed by atoms with Crippen LogP contribution in [-0.4, -0.2) is 32.6 Å². The number of ketones is 1. The van der Waals surface area contributed by atoms with Gasteiger partial charge in [0.1, 0.15) is 5.82 Å². The summed E-state index contributed by atoms with van der Waals surface area (Å²) in [5, 5.41) is 19.7. The minimum atomic E-state index is -1.30. The van der Waals surface area contributed by atoms with Crippen LogP contribution in [0, 0.1) is 5.82 Å². The molecule has 3 rings (SSSR count). The molecule has 1 heterocycles. The molecule has 2 aromatic carbocycles. The first-order valence-corrected chi connectivity index (χ1v) is 10.2. The third-order valence-corrected chi connectivity index (χ3v) is 5.08. The van der Waals surface area contributed by atoms with Crippen molar-refractivity contribution in [3.63, 3.8) is 0 Å². The van der Waals surface area contributed by atoms with E-state index < -0.39 is 30.1 Å². The first-order valence-electron chi connectivity index (χ1n) is 10.2. The molecule has 0 radical (unpaired) electrons. The summed E-state index contributed by atoms with van der Waals surface area (Å²) in [5.41, 5.74) is 1.59. The number of carboxylic acid groups (broad SMARTS) is 1. The van der Waals surface area contributed by atoms with Gasteiger partial charge in [0.25, 0.3) is 5.56 Å². The zero-order valence-electron chi connectivity index (χ0n) is 17.8. The fourth-order valence-electron chi connectivity index (χ4n) is 3.73. The van der Waals surface area contributed by atoms with E-state index in [1.165, 1.54) is 24.3 Å². The maximum Gasteiger partial charge on any atom is 0.305 e. The van der Waals surface area contributed by atoms with Gasteiger partial charge >= 0.3 is 5.97 Å². The van der Waals surface area contributed by atoms with Crippen molar-refractivity contribution in [1.29, 1.82) is 0 Å². The SMILES string of the molecule is CC(C)n1c(C=CC(=O)C[C@@H](O)CC(=O)O)c(-c2ccc(F)cc2)c2ccccc2c1=O. The van der Waals surface area contributed by atoms with E-state index >= 15 is 0 Å². The summed E-state index contributed by atoms with van der Waals surface area (Å²) >= 11 is 0. The molecule has 0 saturated carbocycles. The maximum atomic E-state index is 13.6. The number of nitrogens with zero attached hydrogens (tertiary/aromatic N) is 1. The molecule has 0 saturated heterocycles. The third kappa shape index (κ3) is 5.00. The number of carbonyl (C=O) groups is 2. The predicted octanol–water partition coefficient (Wildman–Crippen LogP) is 4.20. The Morgan fingerprint density at radius 3 is 2.25 bits per heavy atom. The summed E-state index contributed by atoms with van der Waals surface area (Å²) in [5.74, 6) is -2.06. The smallest absolute Gasteiger partial charge is 0.305 e. The monoisotopic (exact) mass is 437 g/mol. The maximum absolute atomic E-state index is 13.6. The summed E-state index contributed by atoms with van der Waals surface area (Å²) in [4.78, 5) is 36.3. The largest absolute Gasteiger partial charge is 0.481 e. The third-order valence-electron chi connectivity index (χ3n) is 5.08. The van der Waals surface area contributed by atoms with Crippen molar-refractivity contribution in [3.05, 3.63) is 76.5 Å². The van der Waals surface area contributed by atoms with E-state index in [4.69, 9.17) is 5.11 Å². The van der Waals surface area contributed by atoms with E-state index in [2.05, 4.69) is 0 Å². The van der Waals surface area contributed by atoms with E-state index in [0.29, 0.717) is 27.6 Å². The molecule has 0 aliphatic heterocycles. The lowest BCUT2D eigenvalue weighted by Gasteiger charge is -2.20. The van der Waals surface area contributed by atoms with Crippen molar-refractivity contribution in [2.45, 2.75) is 38.8 Å². The standard InChI is InChI=1S/C25H24FNO5/c1-15(2)27-22(12-11-18(28)13-19(29)14-23(30)31)24(16-7-9-17(26)10-8-16)20-5-3-4-6-21(20)25(27)32/h3-12,15,19,29H,13-14H2,1-2H3,(H,30,31)/t19-/m1/s1. The zero-order valence-corrected chi connectivity index (χ0v) is 17.8. The molecule has 32 heavy (non-hydrogen) atoms. The second-order valence-corrected chi connectivity index (χ2v) is 7.84. The number of allylic oxidation sites excluding steroid dienone is 1. The van der Waals surface area contributed by atoms with Gasteiger partial charge in [0.05, 0.1) is 18.2 Å². The van der Waals surface area contributed by atoms with Crippen molar-refractivity contribution in [2.24, 2.45) is 0 Å². The second-order valence-electron chi connectivity index (χ2n) is 7.84. The van der Waals surface area contributed by atoms with Gasteiger partial charge in [-0.1, -0.05) is 30.3 Å². The first-order chi connectivity index (χ1) is 15.2. The van der Waals surface area contributed by atoms with Crippen molar-refractivity contribution < 1.29 is 24.2 Å². The van der Waals surface area contributed by atoms with Crippen LogP contribution in [0.5, 0.6) is 0 Å². The van der Waals surface area contributed by atoms with E-state index in [1.807, 2.05) is 13.8 Å². The van der Waals surface area contributed by atoms with Gasteiger partial charge in [0.2, 0.25) is 0 Å². The van der Waals surface area contributed by atoms with Gasteiger partial charge in [0, 0.05) is 23.4 Å². The highest BCUT2D eigenvalue weighted by Crippen LogP contribution is 2.33. The minimum absolute atomic E-state index is 0.223. The highest BCUT2D eigenvalue weighted by atomic mass is 19.1. The Labute approximate surface area is 184 Å². The van der Waals surface area contributed by atoms with Crippen LogP contribution in [0.4, 0.5) is 4.39 Å². The van der Waals surface area contributed by atoms with Crippen LogP contribution in [0.15, 0.2) is 59.4 Å². The number of hydrogen-bond donors (Lipinski definition) is 2. The van der Waals surface area contributed by atoms with E-state index in [1.54, 1.807) is 41.0 Å². The molecule has 1 aromatic heterocycles. The molecule has 0 amide bonds. The number of carbonyl (C=O) groups excluding carboxylic acids is 1. The van der Waals surface area contributed by atoms with Crippen LogP contribution in [0.1, 0.15) is 38.4 Å². The summed E-state index contributed by atoms with van der Waals surface area (Å²) in [7, 11) is 0. The molecule has 0 bridgehead atoms. The van der Waals surface area contributed by atoms with Crippen molar-refractivity contribution in [3.8, 4) is 11.1 Å². The first kappa shape index (κ1) is 23.1. The molecule has 1 atom stereocenters. The number of rotatable bonds is 8. The molecule has 0 aliphatic carbocycles. The topological polar surface area (TPSA) is 96.6 Å². The highest BCUT2D eigenvalue weighted by Gasteiger charge is 2.19. The van der Waals surface area contributed by atoms with E-state index in [-0.39, 0.29) is 18.0 Å². The van der Waals surface area contributed by atoms with Crippen LogP contribution < -0.4 is 5.56 Å². The fraction of sp³-hybridized carbons (Fsp3) is 0.240. The highest BCUT2D eigenvalue weighted by molar-refractivity contribution is 6.01. The Morgan fingerprint density at radius 2 is 1.66 bits per heavy atom. The number of benzene rings is 2. The molecule has 0 spiro atoms. The van der Waals surface area contributed by atoms with Crippen LogP contribution in [0.3, 0.4) is 0 Å². The molecule has 7 heteroatoms. The lowest BCUT2D eigenvalue weighted by atomic mass is 9.95. The van der Waals surface area contributed by atoms with Crippen LogP contribution in [0.25, 0.3) is 28.0 Å². The Morgan fingerprint density at radius 1 is 1.03 bits per heavy atom. The Balaban J connectivity index is 2.21. The number of pyridine rings is 1. The van der Waals surface area contributed by atoms with E-state index in [9.17, 15) is 23.9 Å². The average Bonchev–Trinajstić information content (AvgIpc) is 2.72. The van der Waals surface area contributed by atoms with Crippen molar-refractivity contribution in [1.82, 2.24) is 4.57 Å². The van der Waals surface area contributed by atoms with Crippen LogP contribution in [0.2, 0.25) is 0 Å². The summed E-state index contributed by atoms with van der Waals surface area (Å²) in [6.07, 6.45) is 0.551. The Kier molecular flexibility index (Phi) is 7.00. The molecule has 0 unspecified atom stereocenters. The molecule has 3 aromatic rings. The number of hydrogen-bond acceptors (Lipinski definition) is 4. The second kappa shape index (κ2) is 9.70. The molecular weight excluding hydrogens is 413 g/mol. The lowest BCUT2D eigenvalue weighted by molar-refractivity contribution is -0.139. The van der Waals surface area contributed by atoms with Gasteiger partial charge in [-0.2, -0.15) is 0 Å². The van der Waals surface area contributed by atoms with Crippen LogP contribution >= 0.6 is 0 Å². The number of aliphatic carboxylic acids is 1. The Hall–Kier alpha value is -3.58. The number of aromatic nitrogens is 1. The van der Waals surface area contributed by atoms with Crippen molar-refractivity contribution >= 4 is 28.6 Å². The lowest BCUT2D eigenvalue weighted by Crippen LogP contribution is -2.25. The fourth-order valence-corrected chi connectivity index (χ4v) is 3.73. The zero-order chi connectivity index (χ0) is 23.4. The summed E-state index contributed by atoms with van der Waals surface area (Å²) < 4.78 is 15.1. The molecule has 2 N–H and O–H groups in total. The summed E-state index contributed by atoms with van der Waals surface area (Å²) in [6, 6.07) is 12.7. The number of aliphatic hydroxyl groups excluding tert-OH is 1. The molecule has 6 nitrogen and oxygen atoms in total. The van der Waals surface area contributed by atoms with Gasteiger partial charge in [-0.3, -0.25) is 14.4 Å². The van der Waals surface area contributed by atoms with Crippen molar-refractivity contribution in [2.75, 3.05) is 0 Å². The molecular formula is C25H24FNO5. The van der Waals surface area contributed by atoms with E-state index in [0.717, 1.165) is 0 Å². The Bertz CT molecular complexity index is 1240. The van der Waals surface area contributed by atoms with Gasteiger partial charge in [0.15, 0.2) is 5.78 Å². The molecule has 166 valence electrons. The van der Waals surface area contributed by atoms with Gasteiger partial charge in [-0.05, 0) is 55.1 Å². The minimum Gasteiger partial charge on any atom is -0.481 e. The number of halogens is 1. The number of carboxylic acids is 1. The van der Waals surface area contributed by atoms with Crippen LogP contribution in [-0.2, 0) is 9.59 Å². The number of fused-ring (bicyclic) bond motifs is 1. The summed E-state index contributed by atoms with van der Waals surface area (Å²) in [6.45, 7) is 3.70. The van der Waals surface area contributed by atoms with Gasteiger partial charge < -0.3 is 14.8 Å². The molecule has 0 aliphatic rings.